The number of aliphatic hydroxyl groups is 1. The van der Waals surface area contributed by atoms with Crippen LogP contribution < -0.4 is 21.3 Å². The minimum absolute atomic E-state index is 0.162. The lowest BCUT2D eigenvalue weighted by Crippen LogP contribution is -2.31. The Morgan fingerprint density at radius 1 is 1.14 bits per heavy atom. The fraction of sp³-hybridized carbons (Fsp3) is 0.148. The summed E-state index contributed by atoms with van der Waals surface area (Å²) in [6.07, 6.45) is -1.31. The lowest BCUT2D eigenvalue weighted by molar-refractivity contribution is -0.274. The summed E-state index contributed by atoms with van der Waals surface area (Å²) in [6.45, 7) is 0.859. The first-order valence-electron chi connectivity index (χ1n) is 12.0. The van der Waals surface area contributed by atoms with Gasteiger partial charge >= 0.3 is 6.36 Å². The molecule has 0 aliphatic heterocycles. The molecule has 1 aromatic heterocycles. The summed E-state index contributed by atoms with van der Waals surface area (Å²) in [7, 11) is -3.92. The Balaban J connectivity index is 1.88. The van der Waals surface area contributed by atoms with Crippen molar-refractivity contribution >= 4 is 32.8 Å². The number of ether oxygens (including phenoxy) is 1. The van der Waals surface area contributed by atoms with E-state index in [1.807, 2.05) is 0 Å². The summed E-state index contributed by atoms with van der Waals surface area (Å²) in [5, 5.41) is 10.9. The van der Waals surface area contributed by atoms with E-state index >= 15 is 0 Å². The molecule has 0 saturated carbocycles. The Kier molecular flexibility index (Phi) is 8.55. The summed E-state index contributed by atoms with van der Waals surface area (Å²) in [5.41, 5.74) is 7.21. The SMILES string of the molecule is Cc1nc(Cl)cn1-c1ccc(-c2cc(F)c(CO)c(S(C)(=O)=O)c2)cc1N(N)/C(=C\N)c1ccc(OC(F)(F)F)cc1. The number of nitrogens with zero attached hydrogens (tertiary/aromatic N) is 3. The van der Waals surface area contributed by atoms with Crippen molar-refractivity contribution in [3.8, 4) is 22.6 Å². The van der Waals surface area contributed by atoms with E-state index < -0.39 is 34.4 Å². The van der Waals surface area contributed by atoms with Crippen molar-refractivity contribution < 1.29 is 35.8 Å². The average Bonchev–Trinajstić information content (AvgIpc) is 3.25. The Labute approximate surface area is 243 Å². The van der Waals surface area contributed by atoms with E-state index in [4.69, 9.17) is 23.2 Å². The number of aryl methyl sites for hydroxylation is 1. The number of aliphatic hydroxyl groups excluding tert-OH is 1. The van der Waals surface area contributed by atoms with Gasteiger partial charge < -0.3 is 20.1 Å². The molecule has 3 aromatic carbocycles. The topological polar surface area (TPSA) is 137 Å². The number of rotatable bonds is 8. The number of benzene rings is 3. The summed E-state index contributed by atoms with van der Waals surface area (Å²) in [4.78, 5) is 3.81. The monoisotopic (exact) mass is 625 g/mol. The first kappa shape index (κ1) is 30.8. The molecule has 1 heterocycles. The number of anilines is 1. The second-order valence-electron chi connectivity index (χ2n) is 9.04. The maximum Gasteiger partial charge on any atom is 0.573 e. The normalized spacial score (nSPS) is 12.5. The molecule has 15 heteroatoms. The molecule has 0 fully saturated rings. The van der Waals surface area contributed by atoms with E-state index in [2.05, 4.69) is 9.72 Å². The van der Waals surface area contributed by atoms with Crippen LogP contribution in [0.25, 0.3) is 22.5 Å². The van der Waals surface area contributed by atoms with Gasteiger partial charge in [-0.3, -0.25) is 5.01 Å². The van der Waals surface area contributed by atoms with Crippen molar-refractivity contribution in [3.05, 3.63) is 94.9 Å². The lowest BCUT2D eigenvalue weighted by atomic mass is 10.0. The Morgan fingerprint density at radius 2 is 1.81 bits per heavy atom. The maximum absolute atomic E-state index is 14.9. The van der Waals surface area contributed by atoms with Crippen LogP contribution in [0.1, 0.15) is 17.0 Å². The average molecular weight is 626 g/mol. The van der Waals surface area contributed by atoms with Crippen molar-refractivity contribution in [1.29, 1.82) is 0 Å². The molecule has 9 nitrogen and oxygen atoms in total. The van der Waals surface area contributed by atoms with Gasteiger partial charge in [0.05, 0.1) is 28.6 Å². The molecule has 0 amide bonds. The van der Waals surface area contributed by atoms with Gasteiger partial charge in [0, 0.05) is 29.8 Å². The van der Waals surface area contributed by atoms with Crippen LogP contribution in [0.3, 0.4) is 0 Å². The highest BCUT2D eigenvalue weighted by Crippen LogP contribution is 2.36. The molecule has 4 aromatic rings. The summed E-state index contributed by atoms with van der Waals surface area (Å²) in [5.74, 6) is 5.65. The number of sulfone groups is 1. The molecule has 4 rings (SSSR count). The van der Waals surface area contributed by atoms with Crippen LogP contribution >= 0.6 is 11.6 Å². The van der Waals surface area contributed by atoms with Crippen LogP contribution in [0.5, 0.6) is 5.75 Å². The number of hydrogen-bond acceptors (Lipinski definition) is 8. The zero-order valence-electron chi connectivity index (χ0n) is 22.0. The largest absolute Gasteiger partial charge is 0.573 e. The third-order valence-corrected chi connectivity index (χ3v) is 7.54. The van der Waals surface area contributed by atoms with Crippen molar-refractivity contribution in [2.24, 2.45) is 11.6 Å². The van der Waals surface area contributed by atoms with E-state index in [0.717, 1.165) is 35.7 Å². The third-order valence-electron chi connectivity index (χ3n) is 6.19. The second-order valence-corrected chi connectivity index (χ2v) is 11.4. The first-order valence-corrected chi connectivity index (χ1v) is 14.2. The van der Waals surface area contributed by atoms with E-state index in [-0.39, 0.29) is 32.6 Å². The highest BCUT2D eigenvalue weighted by Gasteiger charge is 2.31. The van der Waals surface area contributed by atoms with Crippen molar-refractivity contribution in [3.63, 3.8) is 0 Å². The number of nitrogens with two attached hydrogens (primary N) is 2. The number of alkyl halides is 3. The molecule has 0 aliphatic rings. The van der Waals surface area contributed by atoms with Crippen LogP contribution in [0.2, 0.25) is 5.15 Å². The molecule has 0 spiro atoms. The molecule has 42 heavy (non-hydrogen) atoms. The first-order chi connectivity index (χ1) is 19.6. The standard InChI is InChI=1S/C27H24ClF4N5O4S/c1-15-35-26(28)13-36(15)22-8-5-17(18-9-21(29)20(14-38)25(11-18)42(2,39)40)10-23(22)37(34)24(12-33)16-3-6-19(7-4-16)41-27(30,31)32/h3-13,38H,14,33-34H2,1-2H3/b24-12-. The van der Waals surface area contributed by atoms with Gasteiger partial charge in [-0.2, -0.15) is 0 Å². The van der Waals surface area contributed by atoms with Gasteiger partial charge in [0.15, 0.2) is 9.84 Å². The van der Waals surface area contributed by atoms with Crippen LogP contribution in [-0.2, 0) is 16.4 Å². The molecule has 222 valence electrons. The van der Waals surface area contributed by atoms with E-state index in [1.54, 1.807) is 23.6 Å². The van der Waals surface area contributed by atoms with Gasteiger partial charge in [0.2, 0.25) is 0 Å². The molecular weight excluding hydrogens is 602 g/mol. The van der Waals surface area contributed by atoms with Crippen molar-refractivity contribution in [1.82, 2.24) is 9.55 Å². The predicted octanol–water partition coefficient (Wildman–Crippen LogP) is 5.07. The number of aromatic nitrogens is 2. The fourth-order valence-corrected chi connectivity index (χ4v) is 5.49. The highest BCUT2D eigenvalue weighted by molar-refractivity contribution is 7.90. The van der Waals surface area contributed by atoms with E-state index in [1.165, 1.54) is 30.5 Å². The van der Waals surface area contributed by atoms with Crippen molar-refractivity contribution in [2.45, 2.75) is 24.8 Å². The van der Waals surface area contributed by atoms with Gasteiger partial charge in [-0.1, -0.05) is 17.7 Å². The predicted molar refractivity (Wildman–Crippen MR) is 150 cm³/mol. The smallest absolute Gasteiger partial charge is 0.406 e. The third kappa shape index (κ3) is 6.51. The Morgan fingerprint density at radius 3 is 2.33 bits per heavy atom. The van der Waals surface area contributed by atoms with Gasteiger partial charge in [0.25, 0.3) is 0 Å². The zero-order chi connectivity index (χ0) is 31.0. The molecule has 0 aliphatic carbocycles. The molecule has 5 N–H and O–H groups in total. The second kappa shape index (κ2) is 11.6. The van der Waals surface area contributed by atoms with Gasteiger partial charge in [-0.25, -0.2) is 23.6 Å². The fourth-order valence-electron chi connectivity index (χ4n) is 4.32. The Hall–Kier alpha value is -4.11. The molecule has 0 saturated heterocycles. The number of halogens is 5. The van der Waals surface area contributed by atoms with Gasteiger partial charge in [0.1, 0.15) is 22.5 Å². The number of imidazole rings is 1. The van der Waals surface area contributed by atoms with E-state index in [0.29, 0.717) is 22.6 Å². The highest BCUT2D eigenvalue weighted by atomic mass is 35.5. The summed E-state index contributed by atoms with van der Waals surface area (Å²) in [6, 6.07) is 11.9. The van der Waals surface area contributed by atoms with E-state index in [9.17, 15) is 31.1 Å². The maximum atomic E-state index is 14.9. The van der Waals surface area contributed by atoms with Crippen molar-refractivity contribution in [2.75, 3.05) is 11.3 Å². The number of hydrogen-bond donors (Lipinski definition) is 3. The molecule has 0 radical (unpaired) electrons. The van der Waals surface area contributed by atoms with Crippen LogP contribution in [0.15, 0.2) is 71.9 Å². The molecule has 0 unspecified atom stereocenters. The lowest BCUT2D eigenvalue weighted by Gasteiger charge is -2.26. The van der Waals surface area contributed by atoms with Gasteiger partial charge in [-0.05, 0) is 66.6 Å². The van der Waals surface area contributed by atoms with Crippen LogP contribution in [-0.4, -0.2) is 35.7 Å². The summed E-state index contributed by atoms with van der Waals surface area (Å²) < 4.78 is 83.1. The summed E-state index contributed by atoms with van der Waals surface area (Å²) >= 11 is 6.11. The van der Waals surface area contributed by atoms with Crippen LogP contribution in [0.4, 0.5) is 23.2 Å². The van der Waals surface area contributed by atoms with Crippen LogP contribution in [0, 0.1) is 12.7 Å². The van der Waals surface area contributed by atoms with Gasteiger partial charge in [-0.15, -0.1) is 13.2 Å². The minimum atomic E-state index is -4.88. The molecular formula is C27H24ClF4N5O4S. The minimum Gasteiger partial charge on any atom is -0.406 e. The molecule has 0 atom stereocenters. The molecule has 0 bridgehead atoms. The number of hydrazine groups is 1. The quantitative estimate of drug-likeness (QED) is 0.140. The zero-order valence-corrected chi connectivity index (χ0v) is 23.6. The Bertz CT molecular complexity index is 1770.